The molecule has 0 bridgehead atoms. The minimum Gasteiger partial charge on any atom is -0.465 e. The number of halogens is 2. The van der Waals surface area contributed by atoms with E-state index < -0.39 is 30.4 Å². The molecule has 0 atom stereocenters. The summed E-state index contributed by atoms with van der Waals surface area (Å²) in [5.41, 5.74) is 0.751. The summed E-state index contributed by atoms with van der Waals surface area (Å²) in [7, 11) is 0. The SMILES string of the molecule is CCOC(=O)CN1C(=O)C(=O)N(CCc2ccc(Cl)c(Cl)c2)C1=O. The Labute approximate surface area is 148 Å². The third kappa shape index (κ3) is 3.85. The van der Waals surface area contributed by atoms with Crippen LogP contribution in [0.2, 0.25) is 10.0 Å². The first kappa shape index (κ1) is 18.2. The minimum absolute atomic E-state index is 0.0132. The average molecular weight is 373 g/mol. The first-order chi connectivity index (χ1) is 11.3. The van der Waals surface area contributed by atoms with Crippen LogP contribution in [0.4, 0.5) is 4.79 Å². The molecule has 1 aliphatic rings. The van der Waals surface area contributed by atoms with E-state index in [-0.39, 0.29) is 13.2 Å². The standard InChI is InChI=1S/C15H14Cl2N2O5/c1-2-24-12(20)8-19-14(22)13(21)18(15(19)23)6-5-9-3-4-10(16)11(17)7-9/h3-4,7H,2,5-6,8H2,1H3. The van der Waals surface area contributed by atoms with Gasteiger partial charge in [-0.15, -0.1) is 0 Å². The lowest BCUT2D eigenvalue weighted by Gasteiger charge is -2.15. The lowest BCUT2D eigenvalue weighted by atomic mass is 10.1. The van der Waals surface area contributed by atoms with Crippen molar-refractivity contribution < 1.29 is 23.9 Å². The number of ether oxygens (including phenoxy) is 1. The van der Waals surface area contributed by atoms with E-state index >= 15 is 0 Å². The monoisotopic (exact) mass is 372 g/mol. The Bertz CT molecular complexity index is 707. The minimum atomic E-state index is -1.04. The molecule has 0 saturated carbocycles. The van der Waals surface area contributed by atoms with E-state index in [0.717, 1.165) is 10.5 Å². The summed E-state index contributed by atoms with van der Waals surface area (Å²) >= 11 is 11.7. The lowest BCUT2D eigenvalue weighted by Crippen LogP contribution is -2.38. The number of carbonyl (C=O) groups excluding carboxylic acids is 4. The van der Waals surface area contributed by atoms with Crippen LogP contribution in [-0.2, 0) is 25.5 Å². The van der Waals surface area contributed by atoms with Gasteiger partial charge in [-0.3, -0.25) is 19.3 Å². The summed E-state index contributed by atoms with van der Waals surface area (Å²) in [5, 5.41) is 0.748. The molecule has 0 unspecified atom stereocenters. The van der Waals surface area contributed by atoms with Crippen LogP contribution in [0.3, 0.4) is 0 Å². The number of esters is 1. The molecule has 9 heteroatoms. The normalized spacial score (nSPS) is 14.5. The van der Waals surface area contributed by atoms with Crippen molar-refractivity contribution in [3.63, 3.8) is 0 Å². The zero-order chi connectivity index (χ0) is 17.9. The van der Waals surface area contributed by atoms with Crippen LogP contribution in [0.15, 0.2) is 18.2 Å². The van der Waals surface area contributed by atoms with Crippen LogP contribution >= 0.6 is 23.2 Å². The van der Waals surface area contributed by atoms with E-state index in [1.165, 1.54) is 0 Å². The van der Waals surface area contributed by atoms with Gasteiger partial charge in [0.2, 0.25) is 0 Å². The predicted octanol–water partition coefficient (Wildman–Crippen LogP) is 1.89. The molecule has 0 radical (unpaired) electrons. The third-order valence-electron chi connectivity index (χ3n) is 3.34. The maximum absolute atomic E-state index is 12.2. The van der Waals surface area contributed by atoms with Crippen molar-refractivity contribution in [3.05, 3.63) is 33.8 Å². The second-order valence-corrected chi connectivity index (χ2v) is 5.75. The van der Waals surface area contributed by atoms with E-state index in [4.69, 9.17) is 23.2 Å². The molecule has 1 fully saturated rings. The van der Waals surface area contributed by atoms with Crippen molar-refractivity contribution in [1.29, 1.82) is 0 Å². The number of urea groups is 1. The van der Waals surface area contributed by atoms with Crippen molar-refractivity contribution in [2.45, 2.75) is 13.3 Å². The second-order valence-electron chi connectivity index (χ2n) is 4.93. The number of amides is 4. The second kappa shape index (κ2) is 7.63. The number of carbonyl (C=O) groups is 4. The Morgan fingerprint density at radius 3 is 2.38 bits per heavy atom. The van der Waals surface area contributed by atoms with Gasteiger partial charge < -0.3 is 4.74 Å². The highest BCUT2D eigenvalue weighted by atomic mass is 35.5. The van der Waals surface area contributed by atoms with Gasteiger partial charge in [0, 0.05) is 6.54 Å². The molecular weight excluding hydrogens is 359 g/mol. The van der Waals surface area contributed by atoms with Crippen molar-refractivity contribution >= 4 is 47.0 Å². The summed E-state index contributed by atoms with van der Waals surface area (Å²) in [6.45, 7) is 1.12. The van der Waals surface area contributed by atoms with Crippen LogP contribution in [0, 0.1) is 0 Å². The summed E-state index contributed by atoms with van der Waals surface area (Å²) in [6, 6.07) is 4.09. The van der Waals surface area contributed by atoms with E-state index in [1.54, 1.807) is 25.1 Å². The molecule has 0 aromatic heterocycles. The predicted molar refractivity (Wildman–Crippen MR) is 85.6 cm³/mol. The molecule has 1 aromatic carbocycles. The van der Waals surface area contributed by atoms with Crippen LogP contribution < -0.4 is 0 Å². The van der Waals surface area contributed by atoms with Gasteiger partial charge in [0.15, 0.2) is 0 Å². The summed E-state index contributed by atoms with van der Waals surface area (Å²) < 4.78 is 4.68. The van der Waals surface area contributed by atoms with Gasteiger partial charge in [-0.25, -0.2) is 9.69 Å². The highest BCUT2D eigenvalue weighted by molar-refractivity contribution is 6.45. The van der Waals surface area contributed by atoms with Crippen LogP contribution in [0.25, 0.3) is 0 Å². The fourth-order valence-electron chi connectivity index (χ4n) is 2.16. The van der Waals surface area contributed by atoms with E-state index in [2.05, 4.69) is 4.74 Å². The van der Waals surface area contributed by atoms with Gasteiger partial charge in [-0.1, -0.05) is 29.3 Å². The lowest BCUT2D eigenvalue weighted by molar-refractivity contribution is -0.148. The van der Waals surface area contributed by atoms with Crippen molar-refractivity contribution in [2.75, 3.05) is 19.7 Å². The maximum Gasteiger partial charge on any atom is 0.334 e. The molecule has 0 N–H and O–H groups in total. The average Bonchev–Trinajstić information content (AvgIpc) is 2.73. The molecule has 4 amide bonds. The fourth-order valence-corrected chi connectivity index (χ4v) is 2.48. The summed E-state index contributed by atoms with van der Waals surface area (Å²) in [5.74, 6) is -2.76. The van der Waals surface area contributed by atoms with Crippen molar-refractivity contribution in [3.8, 4) is 0 Å². The maximum atomic E-state index is 12.2. The van der Waals surface area contributed by atoms with Gasteiger partial charge >= 0.3 is 23.8 Å². The quantitative estimate of drug-likeness (QED) is 0.432. The Balaban J connectivity index is 2.03. The van der Waals surface area contributed by atoms with Crippen LogP contribution in [-0.4, -0.2) is 53.3 Å². The van der Waals surface area contributed by atoms with E-state index in [0.29, 0.717) is 21.4 Å². The molecule has 7 nitrogen and oxygen atoms in total. The van der Waals surface area contributed by atoms with Crippen LogP contribution in [0.5, 0.6) is 0 Å². The first-order valence-corrected chi connectivity index (χ1v) is 7.87. The zero-order valence-electron chi connectivity index (χ0n) is 12.8. The number of benzene rings is 1. The number of imide groups is 2. The van der Waals surface area contributed by atoms with Gasteiger partial charge in [0.05, 0.1) is 16.7 Å². The Morgan fingerprint density at radius 2 is 1.75 bits per heavy atom. The number of rotatable bonds is 6. The van der Waals surface area contributed by atoms with Gasteiger partial charge in [0.1, 0.15) is 6.54 Å². The first-order valence-electron chi connectivity index (χ1n) is 7.12. The summed E-state index contributed by atoms with van der Waals surface area (Å²) in [6.07, 6.45) is 0.300. The Morgan fingerprint density at radius 1 is 1.08 bits per heavy atom. The van der Waals surface area contributed by atoms with E-state index in [1.807, 2.05) is 0 Å². The molecule has 128 valence electrons. The fraction of sp³-hybridized carbons (Fsp3) is 0.333. The van der Waals surface area contributed by atoms with Gasteiger partial charge in [0.25, 0.3) is 0 Å². The summed E-state index contributed by atoms with van der Waals surface area (Å²) in [4.78, 5) is 48.7. The Kier molecular flexibility index (Phi) is 5.80. The molecule has 0 aliphatic carbocycles. The molecule has 1 aromatic rings. The number of nitrogens with zero attached hydrogens (tertiary/aromatic N) is 2. The molecule has 0 spiro atoms. The molecule has 1 heterocycles. The third-order valence-corrected chi connectivity index (χ3v) is 4.07. The van der Waals surface area contributed by atoms with Crippen molar-refractivity contribution in [2.24, 2.45) is 0 Å². The topological polar surface area (TPSA) is 84.0 Å². The number of hydrogen-bond acceptors (Lipinski definition) is 5. The van der Waals surface area contributed by atoms with E-state index in [9.17, 15) is 19.2 Å². The molecule has 2 rings (SSSR count). The Hall–Kier alpha value is -2.12. The smallest absolute Gasteiger partial charge is 0.334 e. The highest BCUT2D eigenvalue weighted by Gasteiger charge is 2.45. The largest absolute Gasteiger partial charge is 0.465 e. The van der Waals surface area contributed by atoms with Crippen molar-refractivity contribution in [1.82, 2.24) is 9.80 Å². The van der Waals surface area contributed by atoms with Gasteiger partial charge in [-0.05, 0) is 31.0 Å². The molecule has 1 aliphatic heterocycles. The zero-order valence-corrected chi connectivity index (χ0v) is 14.3. The molecule has 1 saturated heterocycles. The van der Waals surface area contributed by atoms with Crippen LogP contribution in [0.1, 0.15) is 12.5 Å². The van der Waals surface area contributed by atoms with Gasteiger partial charge in [-0.2, -0.15) is 0 Å². The molecular formula is C15H14Cl2N2O5. The molecule has 24 heavy (non-hydrogen) atoms. The highest BCUT2D eigenvalue weighted by Crippen LogP contribution is 2.23. The number of hydrogen-bond donors (Lipinski definition) is 0.